The smallest absolute Gasteiger partial charge is 0.242 e. The first-order chi connectivity index (χ1) is 8.72. The maximum absolute atomic E-state index is 13.0. The molecule has 0 radical (unpaired) electrons. The quantitative estimate of drug-likeness (QED) is 0.814. The van der Waals surface area contributed by atoms with E-state index in [-0.39, 0.29) is 11.7 Å². The van der Waals surface area contributed by atoms with Gasteiger partial charge in [0.2, 0.25) is 5.91 Å². The van der Waals surface area contributed by atoms with E-state index in [1.807, 2.05) is 0 Å². The Hall–Kier alpha value is -1.97. The van der Waals surface area contributed by atoms with Gasteiger partial charge in [0.15, 0.2) is 0 Å². The van der Waals surface area contributed by atoms with Gasteiger partial charge in [-0.15, -0.1) is 0 Å². The third-order valence-corrected chi connectivity index (χ3v) is 3.75. The van der Waals surface area contributed by atoms with Gasteiger partial charge in [-0.2, -0.15) is 0 Å². The molecule has 3 nitrogen and oxygen atoms in total. The number of rotatable bonds is 2. The summed E-state index contributed by atoms with van der Waals surface area (Å²) in [6, 6.07) is 6.25. The lowest BCUT2D eigenvalue weighted by Crippen LogP contribution is -2.45. The van der Waals surface area contributed by atoms with Crippen LogP contribution >= 0.6 is 0 Å². The second kappa shape index (κ2) is 4.05. The van der Waals surface area contributed by atoms with Crippen molar-refractivity contribution in [3.8, 4) is 0 Å². The zero-order valence-corrected chi connectivity index (χ0v) is 9.84. The van der Waals surface area contributed by atoms with Crippen molar-refractivity contribution in [2.75, 3.05) is 0 Å². The molecule has 1 aliphatic rings. The van der Waals surface area contributed by atoms with E-state index in [0.717, 1.165) is 24.8 Å². The van der Waals surface area contributed by atoms with Gasteiger partial charge in [0.25, 0.3) is 0 Å². The number of carbonyl (C=O) groups is 1. The predicted octanol–water partition coefficient (Wildman–Crippen LogP) is 2.78. The molecule has 0 aliphatic heterocycles. The normalized spacial score (nSPS) is 17.2. The average Bonchev–Trinajstić information content (AvgIpc) is 2.83. The number of nitrogens with zero attached hydrogens (tertiary/aromatic N) is 2. The van der Waals surface area contributed by atoms with Crippen LogP contribution in [-0.4, -0.2) is 15.5 Å². The van der Waals surface area contributed by atoms with Crippen LogP contribution in [0.25, 0.3) is 0 Å². The fourth-order valence-electron chi connectivity index (χ4n) is 2.55. The van der Waals surface area contributed by atoms with E-state index >= 15 is 0 Å². The Kier molecular flexibility index (Phi) is 2.51. The molecule has 0 unspecified atom stereocenters. The molecular weight excluding hydrogens is 231 g/mol. The van der Waals surface area contributed by atoms with Gasteiger partial charge >= 0.3 is 0 Å². The molecule has 1 aromatic carbocycles. The Morgan fingerprint density at radius 1 is 1.28 bits per heavy atom. The van der Waals surface area contributed by atoms with Crippen molar-refractivity contribution in [3.05, 3.63) is 54.4 Å². The van der Waals surface area contributed by atoms with Gasteiger partial charge < -0.3 is 0 Å². The Bertz CT molecular complexity index is 556. The molecule has 0 atom stereocenters. The van der Waals surface area contributed by atoms with Crippen molar-refractivity contribution in [1.29, 1.82) is 0 Å². The lowest BCUT2D eigenvalue weighted by molar-refractivity contribution is 0.0693. The summed E-state index contributed by atoms with van der Waals surface area (Å²) in [5.74, 6) is -0.249. The van der Waals surface area contributed by atoms with Crippen LogP contribution in [0.15, 0.2) is 43.0 Å². The van der Waals surface area contributed by atoms with Crippen LogP contribution < -0.4 is 0 Å². The molecule has 92 valence electrons. The lowest BCUT2D eigenvalue weighted by Gasteiger charge is -2.40. The Morgan fingerprint density at radius 3 is 2.50 bits per heavy atom. The summed E-state index contributed by atoms with van der Waals surface area (Å²) in [5.41, 5.74) is 0.405. The number of aromatic nitrogens is 2. The molecule has 4 heteroatoms. The molecule has 0 saturated heterocycles. The van der Waals surface area contributed by atoms with Gasteiger partial charge in [-0.1, -0.05) is 18.6 Å². The summed E-state index contributed by atoms with van der Waals surface area (Å²) in [5, 5.41) is 0. The molecule has 1 saturated carbocycles. The van der Waals surface area contributed by atoms with Crippen LogP contribution in [0.5, 0.6) is 0 Å². The lowest BCUT2D eigenvalue weighted by atomic mass is 9.63. The van der Waals surface area contributed by atoms with Gasteiger partial charge in [0, 0.05) is 12.4 Å². The maximum Gasteiger partial charge on any atom is 0.242 e. The number of imidazole rings is 1. The molecular formula is C14H13FN2O. The monoisotopic (exact) mass is 244 g/mol. The molecule has 2 aromatic rings. The number of carbonyl (C=O) groups excluding carboxylic acids is 1. The molecule has 1 heterocycles. The van der Waals surface area contributed by atoms with E-state index < -0.39 is 5.41 Å². The fraction of sp³-hybridized carbons (Fsp3) is 0.286. The summed E-state index contributed by atoms with van der Waals surface area (Å²) in [4.78, 5) is 16.4. The van der Waals surface area contributed by atoms with Gasteiger partial charge in [-0.3, -0.25) is 9.36 Å². The largest absolute Gasteiger partial charge is 0.276 e. The molecule has 0 N–H and O–H groups in total. The fourth-order valence-corrected chi connectivity index (χ4v) is 2.55. The van der Waals surface area contributed by atoms with E-state index in [4.69, 9.17) is 0 Å². The summed E-state index contributed by atoms with van der Waals surface area (Å²) in [7, 11) is 0. The maximum atomic E-state index is 13.0. The van der Waals surface area contributed by atoms with Crippen molar-refractivity contribution in [1.82, 2.24) is 9.55 Å². The predicted molar refractivity (Wildman–Crippen MR) is 64.8 cm³/mol. The van der Waals surface area contributed by atoms with Gasteiger partial charge in [-0.05, 0) is 30.5 Å². The van der Waals surface area contributed by atoms with E-state index in [2.05, 4.69) is 4.98 Å². The highest BCUT2D eigenvalue weighted by Crippen LogP contribution is 2.44. The van der Waals surface area contributed by atoms with Gasteiger partial charge in [0.1, 0.15) is 12.1 Å². The van der Waals surface area contributed by atoms with Crippen LogP contribution in [0.2, 0.25) is 0 Å². The second-order valence-corrected chi connectivity index (χ2v) is 4.72. The molecule has 0 bridgehead atoms. The third-order valence-electron chi connectivity index (χ3n) is 3.75. The van der Waals surface area contributed by atoms with Crippen LogP contribution in [0.3, 0.4) is 0 Å². The minimum absolute atomic E-state index is 0.0258. The van der Waals surface area contributed by atoms with Crippen LogP contribution in [0, 0.1) is 5.82 Å². The highest BCUT2D eigenvalue weighted by atomic mass is 19.1. The molecule has 18 heavy (non-hydrogen) atoms. The SMILES string of the molecule is O=C(n1ccnc1)C1(c2ccc(F)cc2)CCC1. The molecule has 1 aliphatic carbocycles. The van der Waals surface area contributed by atoms with Crippen molar-refractivity contribution in [2.24, 2.45) is 0 Å². The first-order valence-electron chi connectivity index (χ1n) is 6.01. The van der Waals surface area contributed by atoms with Gasteiger partial charge in [0.05, 0.1) is 5.41 Å². The summed E-state index contributed by atoms with van der Waals surface area (Å²) in [6.45, 7) is 0. The molecule has 0 amide bonds. The number of hydrogen-bond donors (Lipinski definition) is 0. The Labute approximate surface area is 104 Å². The van der Waals surface area contributed by atoms with E-state index in [9.17, 15) is 9.18 Å². The molecule has 3 rings (SSSR count). The highest BCUT2D eigenvalue weighted by molar-refractivity contribution is 5.91. The minimum atomic E-state index is -0.492. The van der Waals surface area contributed by atoms with Crippen LogP contribution in [0.4, 0.5) is 4.39 Å². The van der Waals surface area contributed by atoms with E-state index in [1.165, 1.54) is 23.0 Å². The minimum Gasteiger partial charge on any atom is -0.276 e. The summed E-state index contributed by atoms with van der Waals surface area (Å²) >= 11 is 0. The summed E-state index contributed by atoms with van der Waals surface area (Å²) < 4.78 is 14.5. The van der Waals surface area contributed by atoms with E-state index in [1.54, 1.807) is 24.5 Å². The number of benzene rings is 1. The van der Waals surface area contributed by atoms with Crippen molar-refractivity contribution in [2.45, 2.75) is 24.7 Å². The van der Waals surface area contributed by atoms with Crippen molar-refractivity contribution >= 4 is 5.91 Å². The first kappa shape index (κ1) is 11.1. The summed E-state index contributed by atoms with van der Waals surface area (Å²) in [6.07, 6.45) is 7.43. The Morgan fingerprint density at radius 2 is 2.00 bits per heavy atom. The molecule has 0 spiro atoms. The van der Waals surface area contributed by atoms with Crippen LogP contribution in [-0.2, 0) is 5.41 Å². The topological polar surface area (TPSA) is 34.9 Å². The van der Waals surface area contributed by atoms with Crippen LogP contribution in [0.1, 0.15) is 29.6 Å². The van der Waals surface area contributed by atoms with E-state index in [0.29, 0.717) is 0 Å². The second-order valence-electron chi connectivity index (χ2n) is 4.72. The standard InChI is InChI=1S/C14H13FN2O/c15-12-4-2-11(3-5-12)14(6-1-7-14)13(18)17-9-8-16-10-17/h2-5,8-10H,1,6-7H2. The number of halogens is 1. The zero-order chi connectivity index (χ0) is 12.6. The average molecular weight is 244 g/mol. The zero-order valence-electron chi connectivity index (χ0n) is 9.84. The van der Waals surface area contributed by atoms with Crippen molar-refractivity contribution < 1.29 is 9.18 Å². The number of hydrogen-bond acceptors (Lipinski definition) is 2. The highest BCUT2D eigenvalue weighted by Gasteiger charge is 2.46. The van der Waals surface area contributed by atoms with Crippen molar-refractivity contribution in [3.63, 3.8) is 0 Å². The van der Waals surface area contributed by atoms with Gasteiger partial charge in [-0.25, -0.2) is 9.37 Å². The molecule has 1 aromatic heterocycles. The first-order valence-corrected chi connectivity index (χ1v) is 6.01. The Balaban J connectivity index is 2.00. The molecule has 1 fully saturated rings. The third kappa shape index (κ3) is 1.56.